The van der Waals surface area contributed by atoms with E-state index < -0.39 is 72.4 Å². The van der Waals surface area contributed by atoms with E-state index >= 15 is 0 Å². The molecule has 1 aliphatic carbocycles. The summed E-state index contributed by atoms with van der Waals surface area (Å²) in [6, 6.07) is -2.94. The minimum atomic E-state index is -1.33. The molecule has 0 amide bonds. The van der Waals surface area contributed by atoms with Crippen LogP contribution in [0, 0.1) is 5.92 Å². The third-order valence-corrected chi connectivity index (χ3v) is 7.73. The second-order valence-corrected chi connectivity index (χ2v) is 10.6. The van der Waals surface area contributed by atoms with Gasteiger partial charge in [0.05, 0.1) is 44.6 Å². The summed E-state index contributed by atoms with van der Waals surface area (Å²) >= 11 is 0. The van der Waals surface area contributed by atoms with Crippen LogP contribution >= 0.6 is 0 Å². The predicted molar refractivity (Wildman–Crippen MR) is 135 cm³/mol. The Hall–Kier alpha value is -0.940. The first-order valence-corrected chi connectivity index (χ1v) is 13.2. The summed E-state index contributed by atoms with van der Waals surface area (Å²) in [7, 11) is 1.62. The van der Waals surface area contributed by atoms with Gasteiger partial charge in [-0.15, -0.1) is 0 Å². The molecule has 12 N–H and O–H groups in total. The fourth-order valence-electron chi connectivity index (χ4n) is 5.70. The maximum absolute atomic E-state index is 11.7. The highest BCUT2D eigenvalue weighted by atomic mass is 16.7. The van der Waals surface area contributed by atoms with Gasteiger partial charge in [-0.3, -0.25) is 0 Å². The molecule has 37 heavy (non-hydrogen) atoms. The zero-order chi connectivity index (χ0) is 27.3. The van der Waals surface area contributed by atoms with Crippen molar-refractivity contribution in [1.29, 1.82) is 0 Å². The molecule has 0 aromatic rings. The molecule has 1 saturated heterocycles. The number of ether oxygens (including phenoxy) is 3. The van der Waals surface area contributed by atoms with Gasteiger partial charge in [0.25, 0.3) is 0 Å². The molecule has 216 valence electrons. The molecule has 11 atom stereocenters. The van der Waals surface area contributed by atoms with Crippen LogP contribution in [0.1, 0.15) is 26.7 Å². The van der Waals surface area contributed by atoms with E-state index in [0.717, 1.165) is 12.3 Å². The summed E-state index contributed by atoms with van der Waals surface area (Å²) in [5.74, 6) is 0.130. The third kappa shape index (κ3) is 6.99. The molecule has 0 spiro atoms. The van der Waals surface area contributed by atoms with Crippen molar-refractivity contribution in [3.05, 3.63) is 11.8 Å². The topological polar surface area (TPSA) is 217 Å². The molecule has 13 heteroatoms. The highest BCUT2D eigenvalue weighted by Crippen LogP contribution is 2.36. The van der Waals surface area contributed by atoms with E-state index in [1.54, 1.807) is 14.0 Å². The Morgan fingerprint density at radius 3 is 2.51 bits per heavy atom. The van der Waals surface area contributed by atoms with Crippen LogP contribution in [0.4, 0.5) is 0 Å². The highest BCUT2D eigenvalue weighted by Gasteiger charge is 2.53. The van der Waals surface area contributed by atoms with Gasteiger partial charge in [0.2, 0.25) is 0 Å². The SMILES string of the molecule is CCNCC1=CCC(N)C(C2C(N)CC(NC(CO)CO)C(OC3OCC(C)(O)C(NC)C3O)C2O)O1. The van der Waals surface area contributed by atoms with Gasteiger partial charge in [-0.2, -0.15) is 0 Å². The average Bonchev–Trinajstić information content (AvgIpc) is 2.86. The van der Waals surface area contributed by atoms with Gasteiger partial charge in [-0.1, -0.05) is 6.92 Å². The van der Waals surface area contributed by atoms with Crippen LogP contribution in [-0.2, 0) is 14.2 Å². The van der Waals surface area contributed by atoms with Gasteiger partial charge in [0.1, 0.15) is 29.7 Å². The van der Waals surface area contributed by atoms with Crippen molar-refractivity contribution in [2.45, 2.75) is 93.2 Å². The van der Waals surface area contributed by atoms with Gasteiger partial charge in [-0.25, -0.2) is 0 Å². The fourth-order valence-corrected chi connectivity index (χ4v) is 5.70. The number of nitrogens with one attached hydrogen (secondary N) is 3. The van der Waals surface area contributed by atoms with Crippen molar-refractivity contribution in [3.8, 4) is 0 Å². The second kappa shape index (κ2) is 13.4. The van der Waals surface area contributed by atoms with Crippen LogP contribution in [0.15, 0.2) is 11.8 Å². The Kier molecular flexibility index (Phi) is 11.1. The maximum Gasteiger partial charge on any atom is 0.185 e. The summed E-state index contributed by atoms with van der Waals surface area (Å²) in [4.78, 5) is 0. The summed E-state index contributed by atoms with van der Waals surface area (Å²) in [5, 5.41) is 61.7. The molecule has 0 aromatic carbocycles. The van der Waals surface area contributed by atoms with Gasteiger partial charge in [-0.05, 0) is 39.4 Å². The van der Waals surface area contributed by atoms with Gasteiger partial charge < -0.3 is 67.2 Å². The fraction of sp³-hybridized carbons (Fsp3) is 0.917. The summed E-state index contributed by atoms with van der Waals surface area (Å²) in [6.45, 7) is 4.07. The molecule has 3 rings (SSSR count). The lowest BCUT2D eigenvalue weighted by atomic mass is 9.72. The van der Waals surface area contributed by atoms with E-state index in [4.69, 9.17) is 25.7 Å². The predicted octanol–water partition coefficient (Wildman–Crippen LogP) is -3.94. The monoisotopic (exact) mass is 533 g/mol. The first-order chi connectivity index (χ1) is 17.6. The van der Waals surface area contributed by atoms with Gasteiger partial charge in [0, 0.05) is 24.0 Å². The maximum atomic E-state index is 11.7. The Labute approximate surface area is 218 Å². The lowest BCUT2D eigenvalue weighted by Gasteiger charge is -2.51. The van der Waals surface area contributed by atoms with Crippen LogP contribution in [-0.4, -0.2) is 132 Å². The Morgan fingerprint density at radius 2 is 1.89 bits per heavy atom. The van der Waals surface area contributed by atoms with E-state index in [1.807, 2.05) is 13.0 Å². The molecule has 2 fully saturated rings. The van der Waals surface area contributed by atoms with Crippen molar-refractivity contribution in [1.82, 2.24) is 16.0 Å². The number of rotatable bonds is 11. The normalized spacial score (nSPS) is 42.9. The number of aliphatic hydroxyl groups is 5. The summed E-state index contributed by atoms with van der Waals surface area (Å²) in [5.41, 5.74) is 11.7. The first kappa shape index (κ1) is 30.6. The van der Waals surface area contributed by atoms with Crippen molar-refractivity contribution < 1.29 is 39.7 Å². The lowest BCUT2D eigenvalue weighted by molar-refractivity contribution is -0.298. The van der Waals surface area contributed by atoms with Crippen LogP contribution in [0.3, 0.4) is 0 Å². The van der Waals surface area contributed by atoms with Crippen molar-refractivity contribution in [3.63, 3.8) is 0 Å². The largest absolute Gasteiger partial charge is 0.492 e. The summed E-state index contributed by atoms with van der Waals surface area (Å²) < 4.78 is 18.1. The molecule has 0 radical (unpaired) electrons. The van der Waals surface area contributed by atoms with E-state index in [-0.39, 0.29) is 19.8 Å². The minimum Gasteiger partial charge on any atom is -0.492 e. The van der Waals surface area contributed by atoms with Crippen molar-refractivity contribution >= 4 is 0 Å². The van der Waals surface area contributed by atoms with Gasteiger partial charge in [0.15, 0.2) is 6.29 Å². The molecule has 11 unspecified atom stereocenters. The molecular weight excluding hydrogens is 486 g/mol. The molecule has 1 saturated carbocycles. The summed E-state index contributed by atoms with van der Waals surface area (Å²) in [6.07, 6.45) is -2.30. The van der Waals surface area contributed by atoms with Crippen LogP contribution < -0.4 is 27.4 Å². The first-order valence-electron chi connectivity index (χ1n) is 13.2. The van der Waals surface area contributed by atoms with E-state index in [9.17, 15) is 25.5 Å². The number of nitrogens with two attached hydrogens (primary N) is 2. The van der Waals surface area contributed by atoms with Crippen molar-refractivity contribution in [2.75, 3.05) is 40.0 Å². The minimum absolute atomic E-state index is 0.102. The number of hydrogen-bond donors (Lipinski definition) is 10. The molecule has 13 nitrogen and oxygen atoms in total. The van der Waals surface area contributed by atoms with Gasteiger partial charge >= 0.3 is 0 Å². The zero-order valence-electron chi connectivity index (χ0n) is 22.0. The molecule has 3 aliphatic rings. The van der Waals surface area contributed by atoms with Crippen LogP contribution in [0.25, 0.3) is 0 Å². The Bertz CT molecular complexity index is 742. The highest BCUT2D eigenvalue weighted by molar-refractivity contribution is 5.10. The number of hydrogen-bond acceptors (Lipinski definition) is 13. The van der Waals surface area contributed by atoms with E-state index in [2.05, 4.69) is 16.0 Å². The smallest absolute Gasteiger partial charge is 0.185 e. The Morgan fingerprint density at radius 1 is 1.19 bits per heavy atom. The Balaban J connectivity index is 1.85. The number of aliphatic hydroxyl groups excluding tert-OH is 4. The molecule has 2 heterocycles. The quantitative estimate of drug-likeness (QED) is 0.123. The molecular formula is C24H47N5O8. The average molecular weight is 534 g/mol. The van der Waals surface area contributed by atoms with Crippen LogP contribution in [0.5, 0.6) is 0 Å². The molecule has 2 aliphatic heterocycles. The van der Waals surface area contributed by atoms with Crippen LogP contribution in [0.2, 0.25) is 0 Å². The molecule has 0 bridgehead atoms. The molecule has 0 aromatic heterocycles. The zero-order valence-corrected chi connectivity index (χ0v) is 22.0. The third-order valence-electron chi connectivity index (χ3n) is 7.73. The number of likely N-dealkylation sites (N-methyl/N-ethyl adjacent to an activating group) is 2. The van der Waals surface area contributed by atoms with Crippen molar-refractivity contribution in [2.24, 2.45) is 17.4 Å². The van der Waals surface area contributed by atoms with E-state index in [0.29, 0.717) is 19.4 Å². The standard InChI is InChI=1S/C24H47N5O8/c1-4-28-8-13-5-6-14(25)20(36-13)17-15(26)7-16(29-12(9-30)10-31)21(18(17)32)37-23-19(33)22(27-3)24(2,34)11-35-23/h5,12,14-23,27-34H,4,6-11,25-26H2,1-3H3. The lowest BCUT2D eigenvalue weighted by Crippen LogP contribution is -2.69. The second-order valence-electron chi connectivity index (χ2n) is 10.6. The van der Waals surface area contributed by atoms with E-state index in [1.165, 1.54) is 0 Å².